The molecule has 0 spiro atoms. The Morgan fingerprint density at radius 2 is 1.75 bits per heavy atom. The van der Waals surface area contributed by atoms with Gasteiger partial charge in [-0.3, -0.25) is 9.59 Å². The Balaban J connectivity index is 1.49. The second-order valence-electron chi connectivity index (χ2n) is 12.3. The van der Waals surface area contributed by atoms with Crippen molar-refractivity contribution in [1.29, 1.82) is 0 Å². The fraction of sp³-hybridized carbons (Fsp3) is 0.862. The highest BCUT2D eigenvalue weighted by molar-refractivity contribution is 5.89. The van der Waals surface area contributed by atoms with Gasteiger partial charge in [0.25, 0.3) is 0 Å². The van der Waals surface area contributed by atoms with Crippen molar-refractivity contribution in [1.82, 2.24) is 0 Å². The number of carbonyl (C=O) groups excluding carboxylic acids is 2. The van der Waals surface area contributed by atoms with Crippen LogP contribution >= 0.6 is 0 Å². The summed E-state index contributed by atoms with van der Waals surface area (Å²) in [6, 6.07) is 0. The summed E-state index contributed by atoms with van der Waals surface area (Å²) in [5, 5.41) is 62.1. The van der Waals surface area contributed by atoms with Crippen molar-refractivity contribution in [2.45, 2.75) is 108 Å². The van der Waals surface area contributed by atoms with E-state index < -0.39 is 92.0 Å². The summed E-state index contributed by atoms with van der Waals surface area (Å²) in [6.07, 6.45) is -12.3. The summed E-state index contributed by atoms with van der Waals surface area (Å²) >= 11 is 0. The summed E-state index contributed by atoms with van der Waals surface area (Å²) in [4.78, 5) is 24.6. The molecule has 1 aliphatic carbocycles. The molecule has 0 aromatic heterocycles. The van der Waals surface area contributed by atoms with Gasteiger partial charge in [-0.25, -0.2) is 0 Å². The van der Waals surface area contributed by atoms with Gasteiger partial charge in [0.2, 0.25) is 6.29 Å². The van der Waals surface area contributed by atoms with E-state index in [4.69, 9.17) is 33.2 Å². The fourth-order valence-corrected chi connectivity index (χ4v) is 6.22. The maximum atomic E-state index is 13.2. The van der Waals surface area contributed by atoms with Crippen LogP contribution in [0.25, 0.3) is 0 Å². The molecular weight excluding hydrogens is 588 g/mol. The van der Waals surface area contributed by atoms with E-state index in [0.29, 0.717) is 24.5 Å². The van der Waals surface area contributed by atoms with E-state index in [-0.39, 0.29) is 25.0 Å². The number of hydrogen-bond donors (Lipinski definition) is 6. The molecule has 15 heteroatoms. The molecule has 252 valence electrons. The van der Waals surface area contributed by atoms with Crippen LogP contribution in [-0.4, -0.2) is 137 Å². The zero-order valence-electron chi connectivity index (χ0n) is 25.3. The number of hydrogen-bond acceptors (Lipinski definition) is 15. The largest absolute Gasteiger partial charge is 0.472 e. The highest BCUT2D eigenvalue weighted by atomic mass is 16.8. The molecule has 4 aliphatic rings. The van der Waals surface area contributed by atoms with Crippen LogP contribution in [0.2, 0.25) is 0 Å². The first-order valence-electron chi connectivity index (χ1n) is 15.1. The average molecular weight is 635 g/mol. The van der Waals surface area contributed by atoms with E-state index in [9.17, 15) is 40.2 Å². The van der Waals surface area contributed by atoms with Gasteiger partial charge in [0.1, 0.15) is 24.4 Å². The molecule has 0 unspecified atom stereocenters. The third kappa shape index (κ3) is 7.61. The molecule has 4 rings (SSSR count). The molecule has 3 aliphatic heterocycles. The Bertz CT molecular complexity index is 1010. The summed E-state index contributed by atoms with van der Waals surface area (Å²) in [5.74, 6) is -2.38. The number of aliphatic hydroxyl groups excluding tert-OH is 6. The van der Waals surface area contributed by atoms with Crippen LogP contribution in [0.4, 0.5) is 0 Å². The standard InChI is InChI=1S/C29H46O15/c1-12(2)5-6-38-27-20-16(7-18(33)17(20)8-30)15(10-39-27)11-40-29-26(22(35)21(34)19(9-31)43-29)44-28-24(37)23(36)25(13(3)41-28)42-14(4)32/h10,12-13,16-21,23-31,33-34,36-37H,5-9,11H2,1-4H3/t13-,16+,17-,18-,19+,20-,21+,23-,24+,25-,26+,27+,28-,29+/m0/s1. The fourth-order valence-electron chi connectivity index (χ4n) is 6.22. The third-order valence-electron chi connectivity index (χ3n) is 8.71. The number of fused-ring (bicyclic) bond motifs is 1. The van der Waals surface area contributed by atoms with Crippen LogP contribution in [0, 0.1) is 23.7 Å². The quantitative estimate of drug-likeness (QED) is 0.132. The Labute approximate surface area is 255 Å². The molecule has 3 fully saturated rings. The van der Waals surface area contributed by atoms with Gasteiger partial charge in [-0.2, -0.15) is 0 Å². The first-order chi connectivity index (χ1) is 20.9. The second-order valence-corrected chi connectivity index (χ2v) is 12.3. The lowest BCUT2D eigenvalue weighted by Gasteiger charge is -2.44. The van der Waals surface area contributed by atoms with Gasteiger partial charge in [0.15, 0.2) is 30.6 Å². The first kappa shape index (κ1) is 35.1. The molecule has 3 heterocycles. The van der Waals surface area contributed by atoms with Gasteiger partial charge in [0.05, 0.1) is 38.3 Å². The van der Waals surface area contributed by atoms with Crippen molar-refractivity contribution in [2.75, 3.05) is 26.4 Å². The highest BCUT2D eigenvalue weighted by Gasteiger charge is 2.53. The first-order valence-corrected chi connectivity index (χ1v) is 15.1. The van der Waals surface area contributed by atoms with E-state index in [1.807, 2.05) is 0 Å². The predicted molar refractivity (Wildman–Crippen MR) is 146 cm³/mol. The van der Waals surface area contributed by atoms with E-state index >= 15 is 0 Å². The number of rotatable bonds is 12. The van der Waals surface area contributed by atoms with Gasteiger partial charge >= 0.3 is 5.97 Å². The Morgan fingerprint density at radius 1 is 1.02 bits per heavy atom. The molecular formula is C29H46O15. The van der Waals surface area contributed by atoms with Crippen LogP contribution in [0.5, 0.6) is 0 Å². The zero-order valence-corrected chi connectivity index (χ0v) is 25.3. The second kappa shape index (κ2) is 15.2. The lowest BCUT2D eigenvalue weighted by atomic mass is 9.83. The van der Waals surface area contributed by atoms with Crippen molar-refractivity contribution < 1.29 is 73.4 Å². The lowest BCUT2D eigenvalue weighted by Crippen LogP contribution is -2.63. The number of carbonyl (C=O) groups is 2. The highest BCUT2D eigenvalue weighted by Crippen LogP contribution is 2.47. The molecule has 0 aromatic rings. The van der Waals surface area contributed by atoms with E-state index in [1.54, 1.807) is 0 Å². The van der Waals surface area contributed by atoms with Crippen LogP contribution in [-0.2, 0) is 42.7 Å². The predicted octanol–water partition coefficient (Wildman–Crippen LogP) is -1.66. The molecule has 6 N–H and O–H groups in total. The number of ketones is 1. The summed E-state index contributed by atoms with van der Waals surface area (Å²) < 4.78 is 39.9. The SMILES string of the molecule is CC(=O)O[C@@H]1[C@@H](O)[C@@H](O)[C@H](O[C@@H]2C(=O)[C@H](O)[C@@H](CO)O[C@H]2OCC2=CO[C@@H](OCCC(C)C)[C@@H]3[C@@H](CO)[C@@H](O)C[C@H]23)O[C@H]1C. The van der Waals surface area contributed by atoms with Crippen LogP contribution in [0.3, 0.4) is 0 Å². The van der Waals surface area contributed by atoms with E-state index in [2.05, 4.69) is 13.8 Å². The molecule has 0 aromatic carbocycles. The van der Waals surface area contributed by atoms with Crippen molar-refractivity contribution in [2.24, 2.45) is 23.7 Å². The molecule has 0 radical (unpaired) electrons. The van der Waals surface area contributed by atoms with E-state index in [0.717, 1.165) is 13.3 Å². The number of esters is 1. The summed E-state index contributed by atoms with van der Waals surface area (Å²) in [5.41, 5.74) is 0.595. The molecule has 2 saturated heterocycles. The Morgan fingerprint density at radius 3 is 2.39 bits per heavy atom. The van der Waals surface area contributed by atoms with Crippen molar-refractivity contribution in [3.05, 3.63) is 11.8 Å². The monoisotopic (exact) mass is 634 g/mol. The van der Waals surface area contributed by atoms with Crippen molar-refractivity contribution >= 4 is 11.8 Å². The van der Waals surface area contributed by atoms with Gasteiger partial charge < -0.3 is 63.8 Å². The van der Waals surface area contributed by atoms with Crippen LogP contribution in [0.1, 0.15) is 40.5 Å². The van der Waals surface area contributed by atoms with Gasteiger partial charge in [-0.1, -0.05) is 13.8 Å². The number of aliphatic hydroxyl groups is 6. The average Bonchev–Trinajstić information content (AvgIpc) is 3.32. The molecule has 1 saturated carbocycles. The molecule has 0 amide bonds. The van der Waals surface area contributed by atoms with Crippen LogP contribution in [0.15, 0.2) is 11.8 Å². The Hall–Kier alpha value is -1.76. The van der Waals surface area contributed by atoms with Gasteiger partial charge in [-0.05, 0) is 37.2 Å². The Kier molecular flexibility index (Phi) is 12.1. The van der Waals surface area contributed by atoms with Crippen molar-refractivity contribution in [3.8, 4) is 0 Å². The lowest BCUT2D eigenvalue weighted by molar-refractivity contribution is -0.334. The normalized spacial score (nSPS) is 42.5. The third-order valence-corrected chi connectivity index (χ3v) is 8.71. The molecule has 0 bridgehead atoms. The minimum absolute atomic E-state index is 0.182. The van der Waals surface area contributed by atoms with Crippen LogP contribution < -0.4 is 0 Å². The molecule has 14 atom stereocenters. The minimum atomic E-state index is -1.79. The molecule has 15 nitrogen and oxygen atoms in total. The van der Waals surface area contributed by atoms with Gasteiger partial charge in [0, 0.05) is 25.4 Å². The van der Waals surface area contributed by atoms with Crippen molar-refractivity contribution in [3.63, 3.8) is 0 Å². The number of Topliss-reactive ketones (excluding diaryl/α,β-unsaturated/α-hetero) is 1. The maximum absolute atomic E-state index is 13.2. The minimum Gasteiger partial charge on any atom is -0.472 e. The zero-order chi connectivity index (χ0) is 32.3. The molecule has 44 heavy (non-hydrogen) atoms. The smallest absolute Gasteiger partial charge is 0.303 e. The summed E-state index contributed by atoms with van der Waals surface area (Å²) in [7, 11) is 0. The maximum Gasteiger partial charge on any atom is 0.303 e. The summed E-state index contributed by atoms with van der Waals surface area (Å²) in [6.45, 7) is 6.02. The number of ether oxygens (including phenoxy) is 7. The van der Waals surface area contributed by atoms with E-state index in [1.165, 1.54) is 13.2 Å². The topological polar surface area (TPSA) is 220 Å². The van der Waals surface area contributed by atoms with Gasteiger partial charge in [-0.15, -0.1) is 0 Å².